The van der Waals surface area contributed by atoms with E-state index in [1.165, 1.54) is 12.3 Å². The number of carbonyl (C=O) groups is 1. The smallest absolute Gasteiger partial charge is 0.337 e. The van der Waals surface area contributed by atoms with E-state index in [2.05, 4.69) is 15.2 Å². The first-order valence-corrected chi connectivity index (χ1v) is 5.84. The van der Waals surface area contributed by atoms with Gasteiger partial charge in [-0.05, 0) is 24.3 Å². The summed E-state index contributed by atoms with van der Waals surface area (Å²) in [6, 6.07) is 6.63. The highest BCUT2D eigenvalue weighted by Gasteiger charge is 2.09. The van der Waals surface area contributed by atoms with Gasteiger partial charge < -0.3 is 9.84 Å². The number of nitrogens with zero attached hydrogens (tertiary/aromatic N) is 4. The first-order valence-electron chi connectivity index (χ1n) is 5.84. The number of hydrogen-bond acceptors (Lipinski definition) is 5. The minimum atomic E-state index is -1.00. The number of ether oxygens (including phenoxy) is 1. The highest BCUT2D eigenvalue weighted by molar-refractivity contribution is 5.87. The Balaban J connectivity index is 1.88. The highest BCUT2D eigenvalue weighted by Crippen LogP contribution is 2.11. The molecule has 0 saturated carbocycles. The van der Waals surface area contributed by atoms with Gasteiger partial charge in [0.05, 0.1) is 11.8 Å². The Morgan fingerprint density at radius 3 is 2.95 bits per heavy atom. The zero-order valence-corrected chi connectivity index (χ0v) is 10.3. The Hall–Kier alpha value is -2.96. The number of hydrogen-bond donors (Lipinski definition) is 1. The molecule has 3 aromatic rings. The van der Waals surface area contributed by atoms with Crippen LogP contribution in [0.25, 0.3) is 5.65 Å². The van der Waals surface area contributed by atoms with Crippen LogP contribution in [0.1, 0.15) is 16.2 Å². The van der Waals surface area contributed by atoms with Gasteiger partial charge in [0.15, 0.2) is 11.5 Å². The first kappa shape index (κ1) is 12.1. The van der Waals surface area contributed by atoms with Crippen molar-refractivity contribution in [1.82, 2.24) is 19.6 Å². The van der Waals surface area contributed by atoms with Gasteiger partial charge in [-0.3, -0.25) is 9.38 Å². The maximum atomic E-state index is 11.0. The third-order valence-electron chi connectivity index (χ3n) is 2.72. The largest absolute Gasteiger partial charge is 0.484 e. The molecule has 0 bridgehead atoms. The number of aromatic nitrogens is 4. The molecule has 0 aliphatic heterocycles. The topological polar surface area (TPSA) is 89.6 Å². The van der Waals surface area contributed by atoms with Crippen LogP contribution in [0.15, 0.2) is 42.9 Å². The molecule has 3 aromatic heterocycles. The van der Waals surface area contributed by atoms with Gasteiger partial charge in [-0.15, -0.1) is 10.2 Å². The summed E-state index contributed by atoms with van der Waals surface area (Å²) in [5, 5.41) is 16.9. The molecule has 0 fully saturated rings. The highest BCUT2D eigenvalue weighted by atomic mass is 16.5. The van der Waals surface area contributed by atoms with Crippen LogP contribution >= 0.6 is 0 Å². The molecule has 3 heterocycles. The van der Waals surface area contributed by atoms with Gasteiger partial charge in [-0.2, -0.15) is 0 Å². The van der Waals surface area contributed by atoms with Gasteiger partial charge in [-0.1, -0.05) is 0 Å². The summed E-state index contributed by atoms with van der Waals surface area (Å²) < 4.78 is 7.12. The van der Waals surface area contributed by atoms with Crippen molar-refractivity contribution in [3.63, 3.8) is 0 Å². The van der Waals surface area contributed by atoms with Gasteiger partial charge in [0.2, 0.25) is 0 Å². The fourth-order valence-corrected chi connectivity index (χ4v) is 1.74. The van der Waals surface area contributed by atoms with Crippen LogP contribution in [0.5, 0.6) is 5.75 Å². The fourth-order valence-electron chi connectivity index (χ4n) is 1.74. The standard InChI is InChI=1S/C13H10N4O3/c18-13(19)9-3-4-11-15-16-12(17(11)7-9)8-20-10-2-1-5-14-6-10/h1-7H,8H2,(H,18,19). The molecule has 7 heteroatoms. The summed E-state index contributed by atoms with van der Waals surface area (Å²) in [6.07, 6.45) is 4.71. The Kier molecular flexibility index (Phi) is 3.00. The van der Waals surface area contributed by atoms with E-state index in [9.17, 15) is 4.79 Å². The van der Waals surface area contributed by atoms with E-state index in [-0.39, 0.29) is 12.2 Å². The van der Waals surface area contributed by atoms with Gasteiger partial charge in [0.1, 0.15) is 12.4 Å². The molecule has 0 saturated heterocycles. The molecule has 20 heavy (non-hydrogen) atoms. The molecule has 7 nitrogen and oxygen atoms in total. The predicted molar refractivity (Wildman–Crippen MR) is 68.5 cm³/mol. The van der Waals surface area contributed by atoms with Crippen molar-refractivity contribution in [2.24, 2.45) is 0 Å². The third-order valence-corrected chi connectivity index (χ3v) is 2.72. The second-order valence-corrected chi connectivity index (χ2v) is 4.04. The summed E-state index contributed by atoms with van der Waals surface area (Å²) in [7, 11) is 0. The summed E-state index contributed by atoms with van der Waals surface area (Å²) in [5.74, 6) is 0.130. The van der Waals surface area contributed by atoms with Crippen molar-refractivity contribution >= 4 is 11.6 Å². The lowest BCUT2D eigenvalue weighted by Crippen LogP contribution is -2.04. The molecule has 0 aromatic carbocycles. The molecule has 0 aliphatic rings. The normalized spacial score (nSPS) is 10.6. The molecular weight excluding hydrogens is 260 g/mol. The number of rotatable bonds is 4. The second-order valence-electron chi connectivity index (χ2n) is 4.04. The quantitative estimate of drug-likeness (QED) is 0.770. The average molecular weight is 270 g/mol. The lowest BCUT2D eigenvalue weighted by atomic mass is 10.3. The van der Waals surface area contributed by atoms with E-state index in [1.54, 1.807) is 35.0 Å². The lowest BCUT2D eigenvalue weighted by Gasteiger charge is -2.04. The van der Waals surface area contributed by atoms with Crippen LogP contribution in [0.4, 0.5) is 0 Å². The van der Waals surface area contributed by atoms with Crippen LogP contribution in [0.2, 0.25) is 0 Å². The number of aromatic carboxylic acids is 1. The molecule has 0 atom stereocenters. The molecule has 100 valence electrons. The van der Waals surface area contributed by atoms with E-state index < -0.39 is 5.97 Å². The monoisotopic (exact) mass is 270 g/mol. The minimum absolute atomic E-state index is 0.167. The zero-order valence-electron chi connectivity index (χ0n) is 10.3. The summed E-state index contributed by atoms with van der Waals surface area (Å²) in [6.45, 7) is 0.177. The molecule has 0 aliphatic carbocycles. The van der Waals surface area contributed by atoms with E-state index in [0.29, 0.717) is 17.2 Å². The minimum Gasteiger partial charge on any atom is -0.484 e. The van der Waals surface area contributed by atoms with Crippen molar-refractivity contribution in [3.8, 4) is 5.75 Å². The Bertz CT molecular complexity index is 755. The lowest BCUT2D eigenvalue weighted by molar-refractivity contribution is 0.0696. The molecule has 1 N–H and O–H groups in total. The maximum absolute atomic E-state index is 11.0. The van der Waals surface area contributed by atoms with Crippen LogP contribution in [0.3, 0.4) is 0 Å². The van der Waals surface area contributed by atoms with Gasteiger partial charge in [0.25, 0.3) is 0 Å². The van der Waals surface area contributed by atoms with E-state index in [1.807, 2.05) is 0 Å². The average Bonchev–Trinajstić information content (AvgIpc) is 2.88. The summed E-state index contributed by atoms with van der Waals surface area (Å²) in [4.78, 5) is 14.9. The fraction of sp³-hybridized carbons (Fsp3) is 0.0769. The van der Waals surface area contributed by atoms with Crippen molar-refractivity contribution in [3.05, 3.63) is 54.2 Å². The summed E-state index contributed by atoms with van der Waals surface area (Å²) in [5.41, 5.74) is 0.736. The van der Waals surface area contributed by atoms with Crippen molar-refractivity contribution < 1.29 is 14.6 Å². The Morgan fingerprint density at radius 2 is 2.20 bits per heavy atom. The van der Waals surface area contributed by atoms with E-state index in [0.717, 1.165) is 0 Å². The number of pyridine rings is 2. The zero-order chi connectivity index (χ0) is 13.9. The van der Waals surface area contributed by atoms with E-state index in [4.69, 9.17) is 9.84 Å². The van der Waals surface area contributed by atoms with Crippen molar-refractivity contribution in [2.75, 3.05) is 0 Å². The molecule has 0 amide bonds. The maximum Gasteiger partial charge on any atom is 0.337 e. The van der Waals surface area contributed by atoms with Crippen LogP contribution in [-0.2, 0) is 6.61 Å². The molecule has 0 radical (unpaired) electrons. The number of fused-ring (bicyclic) bond motifs is 1. The molecule has 0 unspecified atom stereocenters. The van der Waals surface area contributed by atoms with Crippen LogP contribution in [-0.4, -0.2) is 30.7 Å². The second kappa shape index (κ2) is 4.96. The number of carboxylic acids is 1. The Labute approximate surface area is 113 Å². The van der Waals surface area contributed by atoms with Gasteiger partial charge in [-0.25, -0.2) is 4.79 Å². The van der Waals surface area contributed by atoms with Gasteiger partial charge in [0, 0.05) is 12.4 Å². The van der Waals surface area contributed by atoms with Crippen LogP contribution in [0, 0.1) is 0 Å². The molecule has 0 spiro atoms. The molecule has 3 rings (SSSR count). The number of carboxylic acid groups (broad SMARTS) is 1. The molecular formula is C13H10N4O3. The van der Waals surface area contributed by atoms with Crippen molar-refractivity contribution in [1.29, 1.82) is 0 Å². The van der Waals surface area contributed by atoms with Gasteiger partial charge >= 0.3 is 5.97 Å². The van der Waals surface area contributed by atoms with Crippen molar-refractivity contribution in [2.45, 2.75) is 6.61 Å². The van der Waals surface area contributed by atoms with E-state index >= 15 is 0 Å². The SMILES string of the molecule is O=C(O)c1ccc2nnc(COc3cccnc3)n2c1. The Morgan fingerprint density at radius 1 is 1.30 bits per heavy atom. The third kappa shape index (κ3) is 2.28. The first-order chi connectivity index (χ1) is 9.74. The summed E-state index contributed by atoms with van der Waals surface area (Å²) >= 11 is 0. The van der Waals surface area contributed by atoms with Crippen LogP contribution < -0.4 is 4.74 Å². The predicted octanol–water partition coefficient (Wildman–Crippen LogP) is 1.40.